The molecule has 2 rings (SSSR count). The standard InChI is InChI=1S/C15H16ClNOS/c1-10(2)18-13-4-3-5-14(15(13)17)19-12-8-6-11(16)7-9-12/h3-10H,17H2,1-2H3. The summed E-state index contributed by atoms with van der Waals surface area (Å²) in [7, 11) is 0. The maximum Gasteiger partial charge on any atom is 0.143 e. The van der Waals surface area contributed by atoms with Crippen LogP contribution in [0.4, 0.5) is 5.69 Å². The highest BCUT2D eigenvalue weighted by Gasteiger charge is 2.08. The Kier molecular flexibility index (Phi) is 4.61. The molecule has 0 amide bonds. The molecule has 4 heteroatoms. The summed E-state index contributed by atoms with van der Waals surface area (Å²) in [5.41, 5.74) is 6.81. The van der Waals surface area contributed by atoms with E-state index in [1.807, 2.05) is 56.3 Å². The Balaban J connectivity index is 2.23. The van der Waals surface area contributed by atoms with Gasteiger partial charge in [-0.2, -0.15) is 0 Å². The third-order valence-electron chi connectivity index (χ3n) is 2.43. The van der Waals surface area contributed by atoms with E-state index in [0.29, 0.717) is 5.69 Å². The molecule has 0 unspecified atom stereocenters. The number of hydrogen-bond donors (Lipinski definition) is 1. The number of rotatable bonds is 4. The van der Waals surface area contributed by atoms with Crippen LogP contribution < -0.4 is 10.5 Å². The number of nitrogen functional groups attached to an aromatic ring is 1. The average Bonchev–Trinajstić information content (AvgIpc) is 2.36. The van der Waals surface area contributed by atoms with Crippen molar-refractivity contribution in [1.82, 2.24) is 0 Å². The molecule has 0 aliphatic heterocycles. The number of para-hydroxylation sites is 1. The van der Waals surface area contributed by atoms with Crippen molar-refractivity contribution in [1.29, 1.82) is 0 Å². The minimum Gasteiger partial charge on any atom is -0.489 e. The summed E-state index contributed by atoms with van der Waals surface area (Å²) in [6.45, 7) is 3.97. The van der Waals surface area contributed by atoms with Crippen molar-refractivity contribution >= 4 is 29.1 Å². The van der Waals surface area contributed by atoms with Crippen molar-refractivity contribution in [3.05, 3.63) is 47.5 Å². The van der Waals surface area contributed by atoms with Crippen molar-refractivity contribution in [2.75, 3.05) is 5.73 Å². The fourth-order valence-electron chi connectivity index (χ4n) is 1.60. The predicted molar refractivity (Wildman–Crippen MR) is 82.2 cm³/mol. The van der Waals surface area contributed by atoms with Crippen molar-refractivity contribution in [2.24, 2.45) is 0 Å². The van der Waals surface area contributed by atoms with E-state index in [-0.39, 0.29) is 6.10 Å². The number of hydrogen-bond acceptors (Lipinski definition) is 3. The lowest BCUT2D eigenvalue weighted by molar-refractivity contribution is 0.243. The van der Waals surface area contributed by atoms with Crippen LogP contribution in [-0.4, -0.2) is 6.10 Å². The van der Waals surface area contributed by atoms with E-state index >= 15 is 0 Å². The van der Waals surface area contributed by atoms with Gasteiger partial charge < -0.3 is 10.5 Å². The quantitative estimate of drug-likeness (QED) is 0.818. The molecule has 2 aromatic rings. The topological polar surface area (TPSA) is 35.2 Å². The molecule has 0 spiro atoms. The van der Waals surface area contributed by atoms with Crippen molar-refractivity contribution in [3.63, 3.8) is 0 Å². The largest absolute Gasteiger partial charge is 0.489 e. The van der Waals surface area contributed by atoms with Gasteiger partial charge in [-0.15, -0.1) is 0 Å². The third-order valence-corrected chi connectivity index (χ3v) is 3.77. The van der Waals surface area contributed by atoms with Crippen LogP contribution >= 0.6 is 23.4 Å². The van der Waals surface area contributed by atoms with Crippen molar-refractivity contribution in [3.8, 4) is 5.75 Å². The average molecular weight is 294 g/mol. The maximum absolute atomic E-state index is 6.14. The Bertz CT molecular complexity index is 555. The zero-order valence-electron chi connectivity index (χ0n) is 10.9. The maximum atomic E-state index is 6.14. The van der Waals surface area contributed by atoms with Crippen LogP contribution in [0.1, 0.15) is 13.8 Å². The summed E-state index contributed by atoms with van der Waals surface area (Å²) in [6.07, 6.45) is 0.109. The zero-order chi connectivity index (χ0) is 13.8. The lowest BCUT2D eigenvalue weighted by atomic mass is 10.3. The molecule has 0 heterocycles. The molecule has 0 fully saturated rings. The molecule has 0 aliphatic rings. The number of ether oxygens (including phenoxy) is 1. The molecule has 0 saturated carbocycles. The lowest BCUT2D eigenvalue weighted by Gasteiger charge is -2.14. The molecule has 0 saturated heterocycles. The molecule has 2 nitrogen and oxygen atoms in total. The second-order valence-corrected chi connectivity index (χ2v) is 5.94. The number of anilines is 1. The van der Waals surface area contributed by atoms with E-state index in [1.165, 1.54) is 0 Å². The zero-order valence-corrected chi connectivity index (χ0v) is 12.5. The van der Waals surface area contributed by atoms with Gasteiger partial charge >= 0.3 is 0 Å². The molecule has 2 aromatic carbocycles. The van der Waals surface area contributed by atoms with Crippen LogP contribution in [0.25, 0.3) is 0 Å². The van der Waals surface area contributed by atoms with Crippen LogP contribution in [0.5, 0.6) is 5.75 Å². The van der Waals surface area contributed by atoms with Gasteiger partial charge in [0.2, 0.25) is 0 Å². The van der Waals surface area contributed by atoms with E-state index < -0.39 is 0 Å². The van der Waals surface area contributed by atoms with Crippen molar-refractivity contribution < 1.29 is 4.74 Å². The van der Waals surface area contributed by atoms with Crippen LogP contribution in [0.2, 0.25) is 5.02 Å². The Labute approximate surface area is 122 Å². The van der Waals surface area contributed by atoms with Gasteiger partial charge in [0.15, 0.2) is 0 Å². The first-order valence-corrected chi connectivity index (χ1v) is 7.24. The van der Waals surface area contributed by atoms with Gasteiger partial charge in [-0.1, -0.05) is 29.4 Å². The highest BCUT2D eigenvalue weighted by molar-refractivity contribution is 7.99. The van der Waals surface area contributed by atoms with Gasteiger partial charge in [-0.25, -0.2) is 0 Å². The number of benzene rings is 2. The molecule has 100 valence electrons. The first-order valence-electron chi connectivity index (χ1n) is 6.05. The normalized spacial score (nSPS) is 10.7. The monoisotopic (exact) mass is 293 g/mol. The predicted octanol–water partition coefficient (Wildman–Crippen LogP) is 4.86. The van der Waals surface area contributed by atoms with Crippen LogP contribution in [0, 0.1) is 0 Å². The second kappa shape index (κ2) is 6.22. The van der Waals surface area contributed by atoms with Crippen LogP contribution in [0.15, 0.2) is 52.3 Å². The molecule has 19 heavy (non-hydrogen) atoms. The van der Waals surface area contributed by atoms with Gasteiger partial charge in [-0.3, -0.25) is 0 Å². The minimum atomic E-state index is 0.109. The van der Waals surface area contributed by atoms with E-state index in [2.05, 4.69) is 0 Å². The SMILES string of the molecule is CC(C)Oc1cccc(Sc2ccc(Cl)cc2)c1N. The van der Waals surface area contributed by atoms with E-state index in [9.17, 15) is 0 Å². The molecule has 2 N–H and O–H groups in total. The minimum absolute atomic E-state index is 0.109. The number of nitrogens with two attached hydrogens (primary N) is 1. The first kappa shape index (κ1) is 14.1. The summed E-state index contributed by atoms with van der Waals surface area (Å²) in [5.74, 6) is 0.731. The molecule has 0 radical (unpaired) electrons. The van der Waals surface area contributed by atoms with Gasteiger partial charge in [0.05, 0.1) is 11.8 Å². The first-order chi connectivity index (χ1) is 9.06. The number of halogens is 1. The van der Waals surface area contributed by atoms with E-state index in [0.717, 1.165) is 20.6 Å². The fraction of sp³-hybridized carbons (Fsp3) is 0.200. The van der Waals surface area contributed by atoms with E-state index in [1.54, 1.807) is 11.8 Å². The highest BCUT2D eigenvalue weighted by atomic mass is 35.5. The summed E-state index contributed by atoms with van der Waals surface area (Å²) in [6, 6.07) is 13.5. The molecule has 0 bridgehead atoms. The van der Waals surface area contributed by atoms with Gasteiger partial charge in [-0.05, 0) is 50.2 Å². The Morgan fingerprint density at radius 2 is 1.79 bits per heavy atom. The van der Waals surface area contributed by atoms with Gasteiger partial charge in [0, 0.05) is 14.8 Å². The lowest BCUT2D eigenvalue weighted by Crippen LogP contribution is -2.07. The molecule has 0 aromatic heterocycles. The molecular weight excluding hydrogens is 278 g/mol. The summed E-state index contributed by atoms with van der Waals surface area (Å²) in [4.78, 5) is 2.08. The highest BCUT2D eigenvalue weighted by Crippen LogP contribution is 2.37. The Morgan fingerprint density at radius 3 is 2.42 bits per heavy atom. The van der Waals surface area contributed by atoms with Crippen LogP contribution in [0.3, 0.4) is 0 Å². The van der Waals surface area contributed by atoms with Crippen molar-refractivity contribution in [2.45, 2.75) is 29.7 Å². The van der Waals surface area contributed by atoms with E-state index in [4.69, 9.17) is 22.1 Å². The summed E-state index contributed by atoms with van der Waals surface area (Å²) < 4.78 is 5.68. The fourth-order valence-corrected chi connectivity index (χ4v) is 2.61. The molecular formula is C15H16ClNOS. The van der Waals surface area contributed by atoms with Crippen LogP contribution in [-0.2, 0) is 0 Å². The van der Waals surface area contributed by atoms with Gasteiger partial charge in [0.25, 0.3) is 0 Å². The second-order valence-electron chi connectivity index (χ2n) is 4.39. The molecule has 0 aliphatic carbocycles. The Hall–Kier alpha value is -1.32. The smallest absolute Gasteiger partial charge is 0.143 e. The Morgan fingerprint density at radius 1 is 1.11 bits per heavy atom. The third kappa shape index (κ3) is 3.82. The molecule has 0 atom stereocenters. The van der Waals surface area contributed by atoms with Gasteiger partial charge in [0.1, 0.15) is 5.75 Å². The summed E-state index contributed by atoms with van der Waals surface area (Å²) >= 11 is 7.48. The summed E-state index contributed by atoms with van der Waals surface area (Å²) in [5, 5.41) is 0.731.